The Bertz CT molecular complexity index is 497. The van der Waals surface area contributed by atoms with E-state index in [1.807, 2.05) is 12.1 Å². The van der Waals surface area contributed by atoms with Gasteiger partial charge in [0.1, 0.15) is 0 Å². The molecule has 0 spiro atoms. The molecule has 0 aliphatic carbocycles. The Morgan fingerprint density at radius 2 is 1.67 bits per heavy atom. The summed E-state index contributed by atoms with van der Waals surface area (Å²) in [5.41, 5.74) is 1.58. The standard InChI is InChI=1S/C11H17N3O3S/c1-9(15)14-11-5-3-10(4-6-11)12-7-8-13-18(2,16)17/h3-6,12-13H,7-8H2,1-2H3,(H,14,15). The summed E-state index contributed by atoms with van der Waals surface area (Å²) in [4.78, 5) is 10.8. The third kappa shape index (κ3) is 6.21. The largest absolute Gasteiger partial charge is 0.384 e. The van der Waals surface area contributed by atoms with E-state index in [0.29, 0.717) is 13.1 Å². The summed E-state index contributed by atoms with van der Waals surface area (Å²) in [6, 6.07) is 7.17. The van der Waals surface area contributed by atoms with E-state index in [1.54, 1.807) is 12.1 Å². The number of anilines is 2. The average Bonchev–Trinajstić information content (AvgIpc) is 2.24. The maximum atomic E-state index is 10.8. The van der Waals surface area contributed by atoms with Crippen molar-refractivity contribution in [2.75, 3.05) is 30.0 Å². The molecule has 1 aromatic carbocycles. The molecular weight excluding hydrogens is 254 g/mol. The molecule has 0 saturated heterocycles. The zero-order chi connectivity index (χ0) is 13.6. The predicted octanol–water partition coefficient (Wildman–Crippen LogP) is 0.606. The Hall–Kier alpha value is -1.60. The second-order valence-electron chi connectivity index (χ2n) is 3.85. The number of nitrogens with one attached hydrogen (secondary N) is 3. The van der Waals surface area contributed by atoms with E-state index < -0.39 is 10.0 Å². The van der Waals surface area contributed by atoms with Crippen LogP contribution in [-0.4, -0.2) is 33.7 Å². The average molecular weight is 271 g/mol. The smallest absolute Gasteiger partial charge is 0.221 e. The first-order chi connectivity index (χ1) is 8.37. The van der Waals surface area contributed by atoms with Gasteiger partial charge in [-0.25, -0.2) is 13.1 Å². The summed E-state index contributed by atoms with van der Waals surface area (Å²) in [7, 11) is -3.14. The molecule has 1 amide bonds. The molecule has 100 valence electrons. The molecule has 0 fully saturated rings. The molecule has 0 aliphatic rings. The Balaban J connectivity index is 2.37. The van der Waals surface area contributed by atoms with Gasteiger partial charge in [-0.1, -0.05) is 0 Å². The van der Waals surface area contributed by atoms with Crippen LogP contribution in [0.25, 0.3) is 0 Å². The first-order valence-electron chi connectivity index (χ1n) is 5.43. The molecule has 1 aromatic rings. The first kappa shape index (κ1) is 14.5. The van der Waals surface area contributed by atoms with E-state index in [0.717, 1.165) is 17.6 Å². The maximum Gasteiger partial charge on any atom is 0.221 e. The molecule has 0 unspecified atom stereocenters. The highest BCUT2D eigenvalue weighted by Gasteiger charge is 1.99. The summed E-state index contributed by atoms with van der Waals surface area (Å²) in [5, 5.41) is 5.72. The van der Waals surface area contributed by atoms with Crippen LogP contribution in [0, 0.1) is 0 Å². The van der Waals surface area contributed by atoms with Crippen LogP contribution in [0.5, 0.6) is 0 Å². The summed E-state index contributed by atoms with van der Waals surface area (Å²) < 4.78 is 24.0. The van der Waals surface area contributed by atoms with E-state index in [-0.39, 0.29) is 5.91 Å². The number of amides is 1. The van der Waals surface area contributed by atoms with Gasteiger partial charge < -0.3 is 10.6 Å². The summed E-state index contributed by atoms with van der Waals surface area (Å²) in [6.07, 6.45) is 1.12. The quantitative estimate of drug-likeness (QED) is 0.661. The number of sulfonamides is 1. The minimum atomic E-state index is -3.14. The fourth-order valence-electron chi connectivity index (χ4n) is 1.32. The van der Waals surface area contributed by atoms with E-state index in [1.165, 1.54) is 6.92 Å². The third-order valence-electron chi connectivity index (χ3n) is 2.02. The number of hydrogen-bond donors (Lipinski definition) is 3. The lowest BCUT2D eigenvalue weighted by atomic mass is 10.3. The highest BCUT2D eigenvalue weighted by Crippen LogP contribution is 2.12. The minimum absolute atomic E-state index is 0.118. The second kappa shape index (κ2) is 6.36. The third-order valence-corrected chi connectivity index (χ3v) is 2.75. The van der Waals surface area contributed by atoms with Gasteiger partial charge in [0.05, 0.1) is 6.26 Å². The molecular formula is C11H17N3O3S. The lowest BCUT2D eigenvalue weighted by Crippen LogP contribution is -2.27. The molecule has 3 N–H and O–H groups in total. The Labute approximate surface area is 107 Å². The van der Waals surface area contributed by atoms with Crippen LogP contribution in [0.4, 0.5) is 11.4 Å². The molecule has 0 atom stereocenters. The van der Waals surface area contributed by atoms with Crippen LogP contribution < -0.4 is 15.4 Å². The van der Waals surface area contributed by atoms with Crippen molar-refractivity contribution >= 4 is 27.3 Å². The Morgan fingerprint density at radius 1 is 1.11 bits per heavy atom. The monoisotopic (exact) mass is 271 g/mol. The van der Waals surface area contributed by atoms with Crippen molar-refractivity contribution in [3.05, 3.63) is 24.3 Å². The number of carbonyl (C=O) groups is 1. The lowest BCUT2D eigenvalue weighted by Gasteiger charge is -2.08. The molecule has 18 heavy (non-hydrogen) atoms. The van der Waals surface area contributed by atoms with Gasteiger partial charge in [-0.15, -0.1) is 0 Å². The molecule has 0 aliphatic heterocycles. The van der Waals surface area contributed by atoms with Gasteiger partial charge >= 0.3 is 0 Å². The van der Waals surface area contributed by atoms with Crippen LogP contribution in [-0.2, 0) is 14.8 Å². The number of rotatable bonds is 6. The van der Waals surface area contributed by atoms with Crippen molar-refractivity contribution < 1.29 is 13.2 Å². The Kier molecular flexibility index (Phi) is 5.11. The normalized spacial score (nSPS) is 11.0. The van der Waals surface area contributed by atoms with Crippen molar-refractivity contribution in [1.82, 2.24) is 4.72 Å². The molecule has 1 rings (SSSR count). The maximum absolute atomic E-state index is 10.8. The van der Waals surface area contributed by atoms with Gasteiger partial charge in [0.25, 0.3) is 0 Å². The topological polar surface area (TPSA) is 87.3 Å². The van der Waals surface area contributed by atoms with Gasteiger partial charge in [-0.3, -0.25) is 4.79 Å². The molecule has 0 heterocycles. The van der Waals surface area contributed by atoms with Crippen LogP contribution in [0.15, 0.2) is 24.3 Å². The summed E-state index contributed by atoms with van der Waals surface area (Å²) in [5.74, 6) is -0.118. The van der Waals surface area contributed by atoms with Gasteiger partial charge in [0.2, 0.25) is 15.9 Å². The zero-order valence-corrected chi connectivity index (χ0v) is 11.2. The van der Waals surface area contributed by atoms with Crippen LogP contribution in [0.1, 0.15) is 6.92 Å². The first-order valence-corrected chi connectivity index (χ1v) is 7.32. The minimum Gasteiger partial charge on any atom is -0.384 e. The van der Waals surface area contributed by atoms with Gasteiger partial charge in [-0.2, -0.15) is 0 Å². The fourth-order valence-corrected chi connectivity index (χ4v) is 1.79. The molecule has 0 bridgehead atoms. The van der Waals surface area contributed by atoms with E-state index in [9.17, 15) is 13.2 Å². The van der Waals surface area contributed by atoms with Crippen molar-refractivity contribution in [2.24, 2.45) is 0 Å². The summed E-state index contributed by atoms with van der Waals surface area (Å²) >= 11 is 0. The highest BCUT2D eigenvalue weighted by atomic mass is 32.2. The number of hydrogen-bond acceptors (Lipinski definition) is 4. The van der Waals surface area contributed by atoms with Gasteiger partial charge in [-0.05, 0) is 24.3 Å². The lowest BCUT2D eigenvalue weighted by molar-refractivity contribution is -0.114. The van der Waals surface area contributed by atoms with Crippen molar-refractivity contribution in [2.45, 2.75) is 6.92 Å². The number of benzene rings is 1. The zero-order valence-electron chi connectivity index (χ0n) is 10.4. The van der Waals surface area contributed by atoms with Crippen molar-refractivity contribution in [3.63, 3.8) is 0 Å². The summed E-state index contributed by atoms with van der Waals surface area (Å²) in [6.45, 7) is 2.27. The molecule has 0 saturated carbocycles. The van der Waals surface area contributed by atoms with Gasteiger partial charge in [0.15, 0.2) is 0 Å². The predicted molar refractivity (Wildman–Crippen MR) is 72.1 cm³/mol. The van der Waals surface area contributed by atoms with Crippen LogP contribution in [0.2, 0.25) is 0 Å². The SMILES string of the molecule is CC(=O)Nc1ccc(NCCNS(C)(=O)=O)cc1. The van der Waals surface area contributed by atoms with Gasteiger partial charge in [0, 0.05) is 31.4 Å². The van der Waals surface area contributed by atoms with Crippen LogP contribution >= 0.6 is 0 Å². The highest BCUT2D eigenvalue weighted by molar-refractivity contribution is 7.88. The van der Waals surface area contributed by atoms with E-state index >= 15 is 0 Å². The number of carbonyl (C=O) groups excluding carboxylic acids is 1. The fraction of sp³-hybridized carbons (Fsp3) is 0.364. The Morgan fingerprint density at radius 3 is 2.17 bits per heavy atom. The second-order valence-corrected chi connectivity index (χ2v) is 5.68. The van der Waals surface area contributed by atoms with Crippen LogP contribution in [0.3, 0.4) is 0 Å². The van der Waals surface area contributed by atoms with Crippen molar-refractivity contribution in [1.29, 1.82) is 0 Å². The molecule has 0 aromatic heterocycles. The van der Waals surface area contributed by atoms with E-state index in [4.69, 9.17) is 0 Å². The van der Waals surface area contributed by atoms with Crippen molar-refractivity contribution in [3.8, 4) is 0 Å². The molecule has 6 nitrogen and oxygen atoms in total. The molecule has 7 heteroatoms. The van der Waals surface area contributed by atoms with E-state index in [2.05, 4.69) is 15.4 Å². The molecule has 0 radical (unpaired) electrons.